The van der Waals surface area contributed by atoms with Crippen molar-refractivity contribution in [2.24, 2.45) is 0 Å². The largest absolute Gasteiger partial charge is 0.491 e. The molecule has 0 saturated carbocycles. The van der Waals surface area contributed by atoms with Gasteiger partial charge in [-0.2, -0.15) is 0 Å². The highest BCUT2D eigenvalue weighted by Crippen LogP contribution is 2.32. The summed E-state index contributed by atoms with van der Waals surface area (Å²) < 4.78 is 5.71. The van der Waals surface area contributed by atoms with E-state index in [9.17, 15) is 9.59 Å². The van der Waals surface area contributed by atoms with E-state index in [1.54, 1.807) is 0 Å². The number of anilines is 1. The summed E-state index contributed by atoms with van der Waals surface area (Å²) in [6.07, 6.45) is 0.771. The molecule has 5 nitrogen and oxygen atoms in total. The van der Waals surface area contributed by atoms with Crippen LogP contribution in [0.1, 0.15) is 59.1 Å². The summed E-state index contributed by atoms with van der Waals surface area (Å²) in [6, 6.07) is 15.3. The lowest BCUT2D eigenvalue weighted by Gasteiger charge is -2.19. The normalized spacial score (nSPS) is 14.6. The van der Waals surface area contributed by atoms with E-state index in [0.29, 0.717) is 29.8 Å². The zero-order valence-corrected chi connectivity index (χ0v) is 19.3. The molecule has 0 bridgehead atoms. The summed E-state index contributed by atoms with van der Waals surface area (Å²) >= 11 is 0. The molecule has 0 atom stereocenters. The molecule has 164 valence electrons. The summed E-state index contributed by atoms with van der Waals surface area (Å²) in [5, 5.41) is 3.22. The van der Waals surface area contributed by atoms with Crippen LogP contribution < -0.4 is 10.1 Å². The third-order valence-corrected chi connectivity index (χ3v) is 5.15. The summed E-state index contributed by atoms with van der Waals surface area (Å²) in [5.41, 5.74) is 3.44. The Hall–Kier alpha value is -3.08. The van der Waals surface area contributed by atoms with Gasteiger partial charge in [0.25, 0.3) is 11.8 Å². The van der Waals surface area contributed by atoms with Gasteiger partial charge in [-0.25, -0.2) is 0 Å². The van der Waals surface area contributed by atoms with Crippen molar-refractivity contribution in [1.82, 2.24) is 4.90 Å². The number of ether oxygens (including phenoxy) is 1. The topological polar surface area (TPSA) is 58.6 Å². The van der Waals surface area contributed by atoms with Crippen molar-refractivity contribution < 1.29 is 14.3 Å². The molecule has 1 aliphatic heterocycles. The minimum absolute atomic E-state index is 0.0415. The van der Waals surface area contributed by atoms with E-state index >= 15 is 0 Å². The van der Waals surface area contributed by atoms with Crippen LogP contribution in [0.5, 0.6) is 5.75 Å². The third kappa shape index (κ3) is 4.98. The van der Waals surface area contributed by atoms with E-state index in [1.807, 2.05) is 69.3 Å². The van der Waals surface area contributed by atoms with Crippen molar-refractivity contribution in [3.63, 3.8) is 0 Å². The Morgan fingerprint density at radius 2 is 1.55 bits per heavy atom. The van der Waals surface area contributed by atoms with Gasteiger partial charge in [-0.3, -0.25) is 14.5 Å². The molecule has 1 aliphatic rings. The van der Waals surface area contributed by atoms with Crippen LogP contribution in [0.4, 0.5) is 5.69 Å². The number of nitrogens with zero attached hydrogens (tertiary/aromatic N) is 1. The molecule has 0 aromatic heterocycles. The van der Waals surface area contributed by atoms with E-state index in [-0.39, 0.29) is 23.3 Å². The molecule has 31 heavy (non-hydrogen) atoms. The fourth-order valence-electron chi connectivity index (χ4n) is 3.56. The Balaban J connectivity index is 1.98. The number of carbonyl (C=O) groups is 2. The Kier molecular flexibility index (Phi) is 6.54. The van der Waals surface area contributed by atoms with Crippen LogP contribution in [-0.4, -0.2) is 29.4 Å². The maximum Gasteiger partial charge on any atom is 0.278 e. The molecule has 0 unspecified atom stereocenters. The minimum Gasteiger partial charge on any atom is -0.491 e. The van der Waals surface area contributed by atoms with Crippen LogP contribution >= 0.6 is 0 Å². The standard InChI is InChI=1S/C26H32N2O3/c1-7-16-28-24(29)22(18-8-14-21(15-9-18)31-17(2)3)23(25(28)30)27-20-12-10-19(11-13-20)26(4,5)6/h8-15,17,27H,7,16H2,1-6H3. The number of nitrogens with one attached hydrogen (secondary N) is 1. The lowest BCUT2D eigenvalue weighted by molar-refractivity contribution is -0.136. The first-order chi connectivity index (χ1) is 14.6. The maximum absolute atomic E-state index is 13.1. The van der Waals surface area contributed by atoms with Crippen LogP contribution in [0.15, 0.2) is 54.2 Å². The highest BCUT2D eigenvalue weighted by atomic mass is 16.5. The van der Waals surface area contributed by atoms with E-state index in [1.165, 1.54) is 10.5 Å². The summed E-state index contributed by atoms with van der Waals surface area (Å²) in [4.78, 5) is 27.5. The fraction of sp³-hybridized carbons (Fsp3) is 0.385. The molecule has 2 aromatic carbocycles. The molecule has 0 radical (unpaired) electrons. The number of rotatable bonds is 7. The number of carbonyl (C=O) groups excluding carboxylic acids is 2. The smallest absolute Gasteiger partial charge is 0.278 e. The van der Waals surface area contributed by atoms with Gasteiger partial charge >= 0.3 is 0 Å². The molecular formula is C26H32N2O3. The molecule has 0 aliphatic carbocycles. The molecule has 2 amide bonds. The van der Waals surface area contributed by atoms with Crippen molar-refractivity contribution >= 4 is 23.1 Å². The quantitative estimate of drug-likeness (QED) is 0.612. The van der Waals surface area contributed by atoms with Gasteiger partial charge in [0.05, 0.1) is 11.7 Å². The second kappa shape index (κ2) is 8.96. The lowest BCUT2D eigenvalue weighted by atomic mass is 9.87. The molecule has 0 spiro atoms. The second-order valence-corrected chi connectivity index (χ2v) is 9.16. The van der Waals surface area contributed by atoms with Crippen molar-refractivity contribution in [2.75, 3.05) is 11.9 Å². The first kappa shape index (κ1) is 22.6. The van der Waals surface area contributed by atoms with E-state index in [0.717, 1.165) is 11.4 Å². The number of hydrogen-bond acceptors (Lipinski definition) is 4. The third-order valence-electron chi connectivity index (χ3n) is 5.15. The lowest BCUT2D eigenvalue weighted by Crippen LogP contribution is -2.33. The van der Waals surface area contributed by atoms with Gasteiger partial charge in [0.2, 0.25) is 0 Å². The van der Waals surface area contributed by atoms with Crippen molar-refractivity contribution in [1.29, 1.82) is 0 Å². The van der Waals surface area contributed by atoms with Crippen molar-refractivity contribution in [3.8, 4) is 5.75 Å². The summed E-state index contributed by atoms with van der Waals surface area (Å²) in [5.74, 6) is 0.177. The zero-order valence-electron chi connectivity index (χ0n) is 19.3. The Morgan fingerprint density at radius 3 is 2.06 bits per heavy atom. The zero-order chi connectivity index (χ0) is 22.8. The SMILES string of the molecule is CCCN1C(=O)C(Nc2ccc(C(C)(C)C)cc2)=C(c2ccc(OC(C)C)cc2)C1=O. The van der Waals surface area contributed by atoms with E-state index in [4.69, 9.17) is 4.74 Å². The van der Waals surface area contributed by atoms with Gasteiger partial charge < -0.3 is 10.1 Å². The van der Waals surface area contributed by atoms with Crippen LogP contribution in [0.25, 0.3) is 5.57 Å². The molecule has 0 fully saturated rings. The molecule has 1 heterocycles. The highest BCUT2D eigenvalue weighted by molar-refractivity contribution is 6.36. The van der Waals surface area contributed by atoms with Crippen LogP contribution in [-0.2, 0) is 15.0 Å². The van der Waals surface area contributed by atoms with Gasteiger partial charge in [0, 0.05) is 12.2 Å². The molecule has 3 rings (SSSR count). The Morgan fingerprint density at radius 1 is 0.935 bits per heavy atom. The minimum atomic E-state index is -0.288. The van der Waals surface area contributed by atoms with E-state index < -0.39 is 0 Å². The van der Waals surface area contributed by atoms with E-state index in [2.05, 4.69) is 26.1 Å². The van der Waals surface area contributed by atoms with Crippen LogP contribution in [0, 0.1) is 0 Å². The van der Waals surface area contributed by atoms with Crippen molar-refractivity contribution in [2.45, 2.75) is 59.5 Å². The second-order valence-electron chi connectivity index (χ2n) is 9.16. The predicted octanol–water partition coefficient (Wildman–Crippen LogP) is 5.37. The number of imide groups is 1. The van der Waals surface area contributed by atoms with Crippen LogP contribution in [0.3, 0.4) is 0 Å². The van der Waals surface area contributed by atoms with Gasteiger partial charge in [-0.1, -0.05) is 52.0 Å². The molecule has 1 N–H and O–H groups in total. The number of hydrogen-bond donors (Lipinski definition) is 1. The summed E-state index contributed by atoms with van der Waals surface area (Å²) in [7, 11) is 0. The Bertz CT molecular complexity index is 981. The van der Waals surface area contributed by atoms with Gasteiger partial charge in [0.15, 0.2) is 0 Å². The molecular weight excluding hydrogens is 388 g/mol. The molecule has 5 heteroatoms. The van der Waals surface area contributed by atoms with Crippen LogP contribution in [0.2, 0.25) is 0 Å². The first-order valence-electron chi connectivity index (χ1n) is 10.9. The monoisotopic (exact) mass is 420 g/mol. The maximum atomic E-state index is 13.1. The number of benzene rings is 2. The highest BCUT2D eigenvalue weighted by Gasteiger charge is 2.38. The average molecular weight is 421 g/mol. The fourth-order valence-corrected chi connectivity index (χ4v) is 3.56. The molecule has 0 saturated heterocycles. The summed E-state index contributed by atoms with van der Waals surface area (Å²) in [6.45, 7) is 12.7. The van der Waals surface area contributed by atoms with Gasteiger partial charge in [0.1, 0.15) is 11.4 Å². The average Bonchev–Trinajstić information content (AvgIpc) is 2.93. The Labute approximate surface area is 185 Å². The van der Waals surface area contributed by atoms with Gasteiger partial charge in [-0.05, 0) is 61.1 Å². The van der Waals surface area contributed by atoms with Crippen molar-refractivity contribution in [3.05, 3.63) is 65.4 Å². The first-order valence-corrected chi connectivity index (χ1v) is 10.9. The predicted molar refractivity (Wildman–Crippen MR) is 125 cm³/mol. The molecule has 2 aromatic rings. The number of amides is 2. The van der Waals surface area contributed by atoms with Gasteiger partial charge in [-0.15, -0.1) is 0 Å².